The van der Waals surface area contributed by atoms with Crippen LogP contribution in [-0.4, -0.2) is 37.6 Å². The van der Waals surface area contributed by atoms with Crippen molar-refractivity contribution in [2.45, 2.75) is 38.3 Å². The second-order valence-electron chi connectivity index (χ2n) is 5.95. The van der Waals surface area contributed by atoms with Gasteiger partial charge in [0.25, 0.3) is 0 Å². The first-order valence-electron chi connectivity index (χ1n) is 8.15. The Balaban J connectivity index is 1.62. The van der Waals surface area contributed by atoms with Gasteiger partial charge >= 0.3 is 6.18 Å². The molecule has 0 amide bonds. The molecule has 0 unspecified atom stereocenters. The molecule has 2 rings (SSSR count). The maximum Gasteiger partial charge on any atom is 0.416 e. The number of nitrogens with zero attached hydrogens (tertiary/aromatic N) is 1. The van der Waals surface area contributed by atoms with E-state index < -0.39 is 11.7 Å². The predicted molar refractivity (Wildman–Crippen MR) is 82.9 cm³/mol. The lowest BCUT2D eigenvalue weighted by Gasteiger charge is -2.18. The van der Waals surface area contributed by atoms with Crippen molar-refractivity contribution >= 4 is 0 Å². The third-order valence-corrected chi connectivity index (χ3v) is 4.15. The van der Waals surface area contributed by atoms with Crippen molar-refractivity contribution in [1.82, 2.24) is 10.2 Å². The van der Waals surface area contributed by atoms with Gasteiger partial charge in [-0.15, -0.1) is 0 Å². The van der Waals surface area contributed by atoms with Gasteiger partial charge in [-0.2, -0.15) is 13.2 Å². The van der Waals surface area contributed by atoms with Gasteiger partial charge in [0, 0.05) is 13.1 Å². The van der Waals surface area contributed by atoms with Crippen LogP contribution >= 0.6 is 0 Å². The molecule has 22 heavy (non-hydrogen) atoms. The summed E-state index contributed by atoms with van der Waals surface area (Å²) in [5.41, 5.74) is 0.429. The van der Waals surface area contributed by atoms with Crippen LogP contribution in [0, 0.1) is 0 Å². The average molecular weight is 314 g/mol. The average Bonchev–Trinajstić information content (AvgIpc) is 2.75. The van der Waals surface area contributed by atoms with Crippen molar-refractivity contribution < 1.29 is 13.2 Å². The molecule has 0 radical (unpaired) electrons. The monoisotopic (exact) mass is 314 g/mol. The molecule has 0 aliphatic carbocycles. The molecule has 2 nitrogen and oxygen atoms in total. The molecule has 0 atom stereocenters. The van der Waals surface area contributed by atoms with E-state index in [4.69, 9.17) is 0 Å². The topological polar surface area (TPSA) is 15.3 Å². The highest BCUT2D eigenvalue weighted by Crippen LogP contribution is 2.29. The third kappa shape index (κ3) is 5.97. The van der Waals surface area contributed by atoms with Crippen molar-refractivity contribution in [2.24, 2.45) is 0 Å². The SMILES string of the molecule is FC(F)(F)c1ccc(CCCCCN2CCCNCC2)cc1. The Bertz CT molecular complexity index is 421. The summed E-state index contributed by atoms with van der Waals surface area (Å²) in [6, 6.07) is 5.56. The number of alkyl halides is 3. The summed E-state index contributed by atoms with van der Waals surface area (Å²) in [6.07, 6.45) is 1.18. The van der Waals surface area contributed by atoms with Gasteiger partial charge in [-0.05, 0) is 63.0 Å². The number of aryl methyl sites for hydroxylation is 1. The molecule has 0 aromatic heterocycles. The molecular formula is C17H25F3N2. The van der Waals surface area contributed by atoms with E-state index in [1.54, 1.807) is 12.1 Å². The van der Waals surface area contributed by atoms with Gasteiger partial charge in [-0.1, -0.05) is 18.6 Å². The molecule has 1 saturated heterocycles. The number of rotatable bonds is 6. The first-order chi connectivity index (χ1) is 10.6. The lowest BCUT2D eigenvalue weighted by molar-refractivity contribution is -0.137. The molecule has 1 aromatic carbocycles. The quantitative estimate of drug-likeness (QED) is 0.805. The van der Waals surface area contributed by atoms with Crippen LogP contribution in [0.4, 0.5) is 13.2 Å². The fourth-order valence-electron chi connectivity index (χ4n) is 2.83. The maximum absolute atomic E-state index is 12.5. The van der Waals surface area contributed by atoms with E-state index in [1.165, 1.54) is 31.5 Å². The standard InChI is InChI=1S/C17H25F3N2/c18-17(19,20)16-8-6-15(7-9-16)5-2-1-3-12-22-13-4-10-21-11-14-22/h6-9,21H,1-5,10-14H2. The van der Waals surface area contributed by atoms with Crippen LogP contribution in [0.5, 0.6) is 0 Å². The number of benzene rings is 1. The fraction of sp³-hybridized carbons (Fsp3) is 0.647. The Morgan fingerprint density at radius 3 is 2.45 bits per heavy atom. The van der Waals surface area contributed by atoms with Crippen LogP contribution < -0.4 is 5.32 Å². The molecule has 0 bridgehead atoms. The summed E-state index contributed by atoms with van der Waals surface area (Å²) in [4.78, 5) is 2.50. The Labute approximate surface area is 130 Å². The largest absolute Gasteiger partial charge is 0.416 e. The van der Waals surface area contributed by atoms with Gasteiger partial charge in [-0.25, -0.2) is 0 Å². The zero-order chi connectivity index (χ0) is 15.8. The van der Waals surface area contributed by atoms with E-state index in [0.29, 0.717) is 0 Å². The Morgan fingerprint density at radius 2 is 1.73 bits per heavy atom. The maximum atomic E-state index is 12.5. The zero-order valence-corrected chi connectivity index (χ0v) is 13.0. The first kappa shape index (κ1) is 17.3. The highest BCUT2D eigenvalue weighted by atomic mass is 19.4. The van der Waals surface area contributed by atoms with E-state index in [1.807, 2.05) is 0 Å². The molecular weight excluding hydrogens is 289 g/mol. The minimum absolute atomic E-state index is 0.564. The second kappa shape index (κ2) is 8.53. The molecule has 5 heteroatoms. The van der Waals surface area contributed by atoms with Crippen molar-refractivity contribution in [3.05, 3.63) is 35.4 Å². The highest BCUT2D eigenvalue weighted by molar-refractivity contribution is 5.24. The molecule has 0 spiro atoms. The normalized spacial score (nSPS) is 17.4. The van der Waals surface area contributed by atoms with Crippen LogP contribution in [0.2, 0.25) is 0 Å². The molecule has 1 aliphatic rings. The van der Waals surface area contributed by atoms with Crippen LogP contribution in [0.3, 0.4) is 0 Å². The lowest BCUT2D eigenvalue weighted by atomic mass is 10.0. The van der Waals surface area contributed by atoms with E-state index in [9.17, 15) is 13.2 Å². The Morgan fingerprint density at radius 1 is 0.955 bits per heavy atom. The second-order valence-corrected chi connectivity index (χ2v) is 5.95. The van der Waals surface area contributed by atoms with E-state index in [-0.39, 0.29) is 0 Å². The minimum Gasteiger partial charge on any atom is -0.315 e. The third-order valence-electron chi connectivity index (χ3n) is 4.15. The van der Waals surface area contributed by atoms with Crippen molar-refractivity contribution in [1.29, 1.82) is 0 Å². The van der Waals surface area contributed by atoms with E-state index >= 15 is 0 Å². The van der Waals surface area contributed by atoms with Gasteiger partial charge in [0.15, 0.2) is 0 Å². The predicted octanol–water partition coefficient (Wildman–Crippen LogP) is 3.71. The zero-order valence-electron chi connectivity index (χ0n) is 13.0. The summed E-state index contributed by atoms with van der Waals surface area (Å²) in [5, 5.41) is 3.39. The summed E-state index contributed by atoms with van der Waals surface area (Å²) in [7, 11) is 0. The lowest BCUT2D eigenvalue weighted by Crippen LogP contribution is -2.29. The number of hydrogen-bond donors (Lipinski definition) is 1. The molecule has 1 aromatic rings. The molecule has 1 N–H and O–H groups in total. The number of unbranched alkanes of at least 4 members (excludes halogenated alkanes) is 2. The summed E-state index contributed by atoms with van der Waals surface area (Å²) in [5.74, 6) is 0. The van der Waals surface area contributed by atoms with Gasteiger partial charge < -0.3 is 10.2 Å². The van der Waals surface area contributed by atoms with Crippen LogP contribution in [0.15, 0.2) is 24.3 Å². The minimum atomic E-state index is -4.24. The first-order valence-corrected chi connectivity index (χ1v) is 8.15. The van der Waals surface area contributed by atoms with E-state index in [0.717, 1.165) is 51.0 Å². The summed E-state index contributed by atoms with van der Waals surface area (Å²) in [6.45, 7) is 5.62. The van der Waals surface area contributed by atoms with Gasteiger partial charge in [0.05, 0.1) is 5.56 Å². The molecule has 1 heterocycles. The molecule has 1 aliphatic heterocycles. The van der Waals surface area contributed by atoms with Gasteiger partial charge in [0.2, 0.25) is 0 Å². The van der Waals surface area contributed by atoms with Gasteiger partial charge in [-0.3, -0.25) is 0 Å². The Hall–Kier alpha value is -1.07. The van der Waals surface area contributed by atoms with Gasteiger partial charge in [0.1, 0.15) is 0 Å². The number of nitrogens with one attached hydrogen (secondary N) is 1. The molecule has 0 saturated carbocycles. The Kier molecular flexibility index (Phi) is 6.70. The molecule has 124 valence electrons. The summed E-state index contributed by atoms with van der Waals surface area (Å²) < 4.78 is 37.4. The van der Waals surface area contributed by atoms with Crippen LogP contribution in [-0.2, 0) is 12.6 Å². The fourth-order valence-corrected chi connectivity index (χ4v) is 2.83. The van der Waals surface area contributed by atoms with Crippen molar-refractivity contribution in [2.75, 3.05) is 32.7 Å². The van der Waals surface area contributed by atoms with Crippen molar-refractivity contribution in [3.63, 3.8) is 0 Å². The summed E-state index contributed by atoms with van der Waals surface area (Å²) >= 11 is 0. The smallest absolute Gasteiger partial charge is 0.315 e. The van der Waals surface area contributed by atoms with Crippen molar-refractivity contribution in [3.8, 4) is 0 Å². The highest BCUT2D eigenvalue weighted by Gasteiger charge is 2.29. The number of halogens is 3. The van der Waals surface area contributed by atoms with E-state index in [2.05, 4.69) is 10.2 Å². The number of hydrogen-bond acceptors (Lipinski definition) is 2. The van der Waals surface area contributed by atoms with Crippen LogP contribution in [0.1, 0.15) is 36.8 Å². The van der Waals surface area contributed by atoms with Crippen LogP contribution in [0.25, 0.3) is 0 Å². The molecule has 1 fully saturated rings.